The van der Waals surface area contributed by atoms with Gasteiger partial charge in [0.1, 0.15) is 0 Å². The molecule has 0 aliphatic heterocycles. The first-order valence-corrected chi connectivity index (χ1v) is 6.79. The Bertz CT molecular complexity index is 604. The van der Waals surface area contributed by atoms with Gasteiger partial charge in [0.25, 0.3) is 5.91 Å². The molecule has 1 amide bonds. The Morgan fingerprint density at radius 3 is 2.26 bits per heavy atom. The number of aryl methyl sites for hydroxylation is 4. The second-order valence-corrected chi connectivity index (χ2v) is 5.59. The number of H-pyrrole nitrogens is 1. The number of nitrogens with zero attached hydrogens (tertiary/aromatic N) is 1. The molecule has 0 fully saturated rings. The van der Waals surface area contributed by atoms with Gasteiger partial charge in [-0.15, -0.1) is 0 Å². The quantitative estimate of drug-likeness (QED) is 0.886. The Hall–Kier alpha value is -1.62. The summed E-state index contributed by atoms with van der Waals surface area (Å²) in [5, 5.41) is 9.84. The molecular formula is C14H16BrN3O. The van der Waals surface area contributed by atoms with Gasteiger partial charge in [0.2, 0.25) is 0 Å². The summed E-state index contributed by atoms with van der Waals surface area (Å²) < 4.78 is 1.01. The zero-order valence-corrected chi connectivity index (χ0v) is 13.0. The number of carbonyl (C=O) groups excluding carboxylic acids is 1. The Kier molecular flexibility index (Phi) is 3.75. The molecular weight excluding hydrogens is 306 g/mol. The summed E-state index contributed by atoms with van der Waals surface area (Å²) in [5.74, 6) is -0.128. The molecule has 2 N–H and O–H groups in total. The molecule has 4 nitrogen and oxygen atoms in total. The fourth-order valence-electron chi connectivity index (χ4n) is 2.17. The molecule has 0 spiro atoms. The van der Waals surface area contributed by atoms with Crippen LogP contribution < -0.4 is 5.32 Å². The lowest BCUT2D eigenvalue weighted by Gasteiger charge is -2.12. The van der Waals surface area contributed by atoms with Crippen molar-refractivity contribution in [2.75, 3.05) is 5.32 Å². The van der Waals surface area contributed by atoms with E-state index in [-0.39, 0.29) is 5.91 Å². The van der Waals surface area contributed by atoms with Crippen molar-refractivity contribution in [3.05, 3.63) is 44.7 Å². The molecule has 0 aliphatic rings. The average molecular weight is 322 g/mol. The number of rotatable bonds is 2. The molecule has 2 aromatic rings. The third kappa shape index (κ3) is 2.71. The lowest BCUT2D eigenvalue weighted by Crippen LogP contribution is -2.15. The van der Waals surface area contributed by atoms with Crippen LogP contribution in [-0.4, -0.2) is 16.1 Å². The molecule has 0 saturated heterocycles. The summed E-state index contributed by atoms with van der Waals surface area (Å²) in [7, 11) is 0. The maximum absolute atomic E-state index is 12.3. The van der Waals surface area contributed by atoms with Crippen molar-refractivity contribution in [1.82, 2.24) is 10.2 Å². The van der Waals surface area contributed by atoms with Crippen LogP contribution in [0.15, 0.2) is 16.6 Å². The number of hydrogen-bond donors (Lipinski definition) is 2. The third-order valence-electron chi connectivity index (χ3n) is 3.09. The van der Waals surface area contributed by atoms with Crippen molar-refractivity contribution >= 4 is 27.5 Å². The highest BCUT2D eigenvalue weighted by Gasteiger charge is 2.17. The van der Waals surface area contributed by atoms with Crippen LogP contribution in [-0.2, 0) is 0 Å². The highest BCUT2D eigenvalue weighted by Crippen LogP contribution is 2.26. The molecule has 0 radical (unpaired) electrons. The molecule has 5 heteroatoms. The first-order chi connectivity index (χ1) is 8.90. The number of benzene rings is 1. The predicted molar refractivity (Wildman–Crippen MR) is 79.6 cm³/mol. The largest absolute Gasteiger partial charge is 0.321 e. The number of halogens is 1. The van der Waals surface area contributed by atoms with E-state index in [0.717, 1.165) is 27.0 Å². The summed E-state index contributed by atoms with van der Waals surface area (Å²) in [5.41, 5.74) is 5.01. The minimum atomic E-state index is -0.128. The first kappa shape index (κ1) is 13.8. The minimum absolute atomic E-state index is 0.128. The fraction of sp³-hybridized carbons (Fsp3) is 0.286. The van der Waals surface area contributed by atoms with E-state index in [9.17, 15) is 4.79 Å². The van der Waals surface area contributed by atoms with E-state index in [1.165, 1.54) is 0 Å². The van der Waals surface area contributed by atoms with Crippen molar-refractivity contribution in [2.45, 2.75) is 27.7 Å². The van der Waals surface area contributed by atoms with E-state index in [4.69, 9.17) is 0 Å². The third-order valence-corrected chi connectivity index (χ3v) is 3.55. The van der Waals surface area contributed by atoms with Crippen LogP contribution in [0.1, 0.15) is 32.9 Å². The topological polar surface area (TPSA) is 57.8 Å². The van der Waals surface area contributed by atoms with Gasteiger partial charge in [-0.3, -0.25) is 9.89 Å². The zero-order chi connectivity index (χ0) is 14.2. The molecule has 0 unspecified atom stereocenters. The second kappa shape index (κ2) is 5.17. The van der Waals surface area contributed by atoms with Gasteiger partial charge >= 0.3 is 0 Å². The lowest BCUT2D eigenvalue weighted by molar-refractivity contribution is 0.102. The van der Waals surface area contributed by atoms with Gasteiger partial charge in [-0.1, -0.05) is 15.9 Å². The van der Waals surface area contributed by atoms with Crippen LogP contribution in [0, 0.1) is 27.7 Å². The molecule has 100 valence electrons. The smallest absolute Gasteiger partial charge is 0.259 e. The van der Waals surface area contributed by atoms with Crippen LogP contribution in [0.4, 0.5) is 5.69 Å². The van der Waals surface area contributed by atoms with E-state index < -0.39 is 0 Å². The first-order valence-electron chi connectivity index (χ1n) is 6.00. The molecule has 1 aromatic heterocycles. The van der Waals surface area contributed by atoms with Crippen LogP contribution in [0.5, 0.6) is 0 Å². The molecule has 0 aliphatic carbocycles. The Morgan fingerprint density at radius 1 is 1.21 bits per heavy atom. The van der Waals surface area contributed by atoms with Gasteiger partial charge in [0.15, 0.2) is 0 Å². The minimum Gasteiger partial charge on any atom is -0.321 e. The van der Waals surface area contributed by atoms with Crippen molar-refractivity contribution in [2.24, 2.45) is 0 Å². The number of carbonyl (C=O) groups is 1. The summed E-state index contributed by atoms with van der Waals surface area (Å²) in [6.45, 7) is 7.61. The normalized spacial score (nSPS) is 10.6. The Balaban J connectivity index is 2.35. The molecule has 2 rings (SSSR count). The molecule has 0 bridgehead atoms. The van der Waals surface area contributed by atoms with E-state index in [0.29, 0.717) is 11.3 Å². The second-order valence-electron chi connectivity index (χ2n) is 4.68. The van der Waals surface area contributed by atoms with E-state index in [2.05, 4.69) is 31.4 Å². The summed E-state index contributed by atoms with van der Waals surface area (Å²) >= 11 is 3.45. The van der Waals surface area contributed by atoms with Gasteiger partial charge in [-0.2, -0.15) is 5.10 Å². The maximum atomic E-state index is 12.3. The summed E-state index contributed by atoms with van der Waals surface area (Å²) in [6.07, 6.45) is 0. The van der Waals surface area contributed by atoms with Gasteiger partial charge in [-0.25, -0.2) is 0 Å². The number of aromatic amines is 1. The van der Waals surface area contributed by atoms with Crippen LogP contribution in [0.25, 0.3) is 0 Å². The molecule has 19 heavy (non-hydrogen) atoms. The maximum Gasteiger partial charge on any atom is 0.259 e. The van der Waals surface area contributed by atoms with Crippen molar-refractivity contribution in [1.29, 1.82) is 0 Å². The van der Waals surface area contributed by atoms with Crippen molar-refractivity contribution in [3.8, 4) is 0 Å². The predicted octanol–water partition coefficient (Wildman–Crippen LogP) is 3.66. The summed E-state index contributed by atoms with van der Waals surface area (Å²) in [4.78, 5) is 12.3. The Labute approximate surface area is 120 Å². The molecule has 0 saturated carbocycles. The van der Waals surface area contributed by atoms with Crippen LogP contribution >= 0.6 is 15.9 Å². The van der Waals surface area contributed by atoms with E-state index in [1.807, 2.05) is 39.8 Å². The number of anilines is 1. The van der Waals surface area contributed by atoms with Gasteiger partial charge in [0.05, 0.1) is 11.3 Å². The SMILES string of the molecule is Cc1cc(Br)cc(C)c1NC(=O)c1c(C)n[nH]c1C. The molecule has 0 atom stereocenters. The van der Waals surface area contributed by atoms with Crippen molar-refractivity contribution < 1.29 is 4.79 Å². The van der Waals surface area contributed by atoms with Gasteiger partial charge in [0, 0.05) is 15.9 Å². The standard InChI is InChI=1S/C14H16BrN3O/c1-7-5-11(15)6-8(2)13(7)16-14(19)12-9(3)17-18-10(12)4/h5-6H,1-4H3,(H,16,19)(H,17,18). The number of aromatic nitrogens is 2. The molecule has 1 heterocycles. The monoisotopic (exact) mass is 321 g/mol. The highest BCUT2D eigenvalue weighted by molar-refractivity contribution is 9.10. The van der Waals surface area contributed by atoms with Crippen molar-refractivity contribution in [3.63, 3.8) is 0 Å². The number of amides is 1. The van der Waals surface area contributed by atoms with Crippen LogP contribution in [0.2, 0.25) is 0 Å². The zero-order valence-electron chi connectivity index (χ0n) is 11.4. The number of nitrogens with one attached hydrogen (secondary N) is 2. The Morgan fingerprint density at radius 2 is 1.79 bits per heavy atom. The fourth-order valence-corrected chi connectivity index (χ4v) is 2.86. The average Bonchev–Trinajstić information content (AvgIpc) is 2.63. The number of hydrogen-bond acceptors (Lipinski definition) is 2. The lowest BCUT2D eigenvalue weighted by atomic mass is 10.1. The van der Waals surface area contributed by atoms with Crippen LogP contribution in [0.3, 0.4) is 0 Å². The van der Waals surface area contributed by atoms with E-state index >= 15 is 0 Å². The van der Waals surface area contributed by atoms with E-state index in [1.54, 1.807) is 0 Å². The van der Waals surface area contributed by atoms with Gasteiger partial charge < -0.3 is 5.32 Å². The van der Waals surface area contributed by atoms with Gasteiger partial charge in [-0.05, 0) is 51.0 Å². The summed E-state index contributed by atoms with van der Waals surface area (Å²) in [6, 6.07) is 3.97. The highest BCUT2D eigenvalue weighted by atomic mass is 79.9. The molecule has 1 aromatic carbocycles.